The summed E-state index contributed by atoms with van der Waals surface area (Å²) < 4.78 is 13.5. The number of aromatic nitrogens is 1. The summed E-state index contributed by atoms with van der Waals surface area (Å²) in [5.74, 6) is 1.32. The zero-order chi connectivity index (χ0) is 20.8. The van der Waals surface area contributed by atoms with Crippen LogP contribution in [0.15, 0.2) is 46.9 Å². The molecule has 1 aromatic carbocycles. The van der Waals surface area contributed by atoms with E-state index in [1.54, 1.807) is 19.2 Å². The quantitative estimate of drug-likeness (QED) is 0.227. The van der Waals surface area contributed by atoms with Gasteiger partial charge in [-0.05, 0) is 73.5 Å². The summed E-state index contributed by atoms with van der Waals surface area (Å²) in [4.78, 5) is 11.6. The molecule has 1 fully saturated rings. The van der Waals surface area contributed by atoms with Crippen molar-refractivity contribution < 1.29 is 4.39 Å². The van der Waals surface area contributed by atoms with Crippen molar-refractivity contribution in [3.63, 3.8) is 0 Å². The number of piperidine rings is 1. The number of fused-ring (bicyclic) bond motifs is 1. The minimum atomic E-state index is -0.199. The fourth-order valence-electron chi connectivity index (χ4n) is 4.11. The van der Waals surface area contributed by atoms with Crippen LogP contribution >= 0.6 is 35.3 Å². The molecule has 0 atom stereocenters. The van der Waals surface area contributed by atoms with Gasteiger partial charge in [0.15, 0.2) is 5.96 Å². The van der Waals surface area contributed by atoms with Gasteiger partial charge in [0.25, 0.3) is 0 Å². The van der Waals surface area contributed by atoms with Gasteiger partial charge >= 0.3 is 0 Å². The molecule has 0 amide bonds. The third-order valence-electron chi connectivity index (χ3n) is 5.86. The van der Waals surface area contributed by atoms with Crippen LogP contribution in [0.25, 0.3) is 10.9 Å². The van der Waals surface area contributed by atoms with Crippen molar-refractivity contribution in [3.8, 4) is 0 Å². The fraction of sp³-hybridized carbons (Fsp3) is 0.435. The summed E-state index contributed by atoms with van der Waals surface area (Å²) >= 11 is 1.84. The van der Waals surface area contributed by atoms with E-state index in [9.17, 15) is 4.39 Å². The maximum atomic E-state index is 13.5. The second kappa shape index (κ2) is 11.8. The van der Waals surface area contributed by atoms with E-state index in [0.29, 0.717) is 5.92 Å². The first-order chi connectivity index (χ1) is 14.7. The smallest absolute Gasteiger partial charge is 0.190 e. The van der Waals surface area contributed by atoms with Crippen molar-refractivity contribution >= 4 is 52.2 Å². The highest BCUT2D eigenvalue weighted by atomic mass is 127. The first-order valence-electron chi connectivity index (χ1n) is 10.7. The summed E-state index contributed by atoms with van der Waals surface area (Å²) in [7, 11) is 1.81. The molecular formula is C23H31FIN5S. The molecule has 3 aromatic rings. The number of aliphatic imine (C=N–C) groups is 1. The van der Waals surface area contributed by atoms with E-state index < -0.39 is 0 Å². The van der Waals surface area contributed by atoms with Gasteiger partial charge in [-0.25, -0.2) is 4.39 Å². The molecule has 1 saturated heterocycles. The van der Waals surface area contributed by atoms with Crippen molar-refractivity contribution in [3.05, 3.63) is 58.2 Å². The highest BCUT2D eigenvalue weighted by molar-refractivity contribution is 14.0. The average molecular weight is 556 g/mol. The molecule has 3 heterocycles. The molecule has 8 heteroatoms. The summed E-state index contributed by atoms with van der Waals surface area (Å²) in [6, 6.07) is 9.22. The van der Waals surface area contributed by atoms with Crippen molar-refractivity contribution in [1.29, 1.82) is 0 Å². The third-order valence-corrected chi connectivity index (χ3v) is 6.73. The lowest BCUT2D eigenvalue weighted by Crippen LogP contribution is -2.43. The van der Waals surface area contributed by atoms with Crippen LogP contribution in [0.2, 0.25) is 0 Å². The number of H-pyrrole nitrogens is 1. The van der Waals surface area contributed by atoms with Gasteiger partial charge in [0, 0.05) is 48.7 Å². The Labute approximate surface area is 204 Å². The molecule has 0 aliphatic carbocycles. The van der Waals surface area contributed by atoms with E-state index in [1.165, 1.54) is 23.8 Å². The normalized spacial score (nSPS) is 15.7. The maximum Gasteiger partial charge on any atom is 0.190 e. The Kier molecular flexibility index (Phi) is 9.15. The number of nitrogens with zero attached hydrogens (tertiary/aromatic N) is 2. The Hall–Kier alpha value is -1.65. The Morgan fingerprint density at radius 1 is 1.26 bits per heavy atom. The number of aromatic amines is 1. The van der Waals surface area contributed by atoms with Crippen LogP contribution in [-0.4, -0.2) is 49.1 Å². The van der Waals surface area contributed by atoms with Gasteiger partial charge in [0.2, 0.25) is 0 Å². The molecule has 1 aliphatic heterocycles. The van der Waals surface area contributed by atoms with Gasteiger partial charge in [-0.3, -0.25) is 9.89 Å². The molecule has 3 N–H and O–H groups in total. The molecule has 5 nitrogen and oxygen atoms in total. The summed E-state index contributed by atoms with van der Waals surface area (Å²) in [6.07, 6.45) is 5.21. The molecule has 0 saturated carbocycles. The monoisotopic (exact) mass is 555 g/mol. The Morgan fingerprint density at radius 3 is 2.84 bits per heavy atom. The van der Waals surface area contributed by atoms with Crippen molar-refractivity contribution in [2.45, 2.75) is 25.8 Å². The Morgan fingerprint density at radius 2 is 2.10 bits per heavy atom. The number of benzene rings is 1. The molecule has 0 radical (unpaired) electrons. The number of halogens is 2. The Balaban J connectivity index is 0.00000272. The molecule has 2 aromatic heterocycles. The molecule has 1 aliphatic rings. The number of thiophene rings is 1. The second-order valence-corrected chi connectivity index (χ2v) is 8.96. The summed E-state index contributed by atoms with van der Waals surface area (Å²) in [5.41, 5.74) is 2.09. The zero-order valence-corrected chi connectivity index (χ0v) is 21.0. The molecule has 0 bridgehead atoms. The summed E-state index contributed by atoms with van der Waals surface area (Å²) in [5, 5.41) is 9.97. The number of hydrogen-bond acceptors (Lipinski definition) is 3. The number of guanidine groups is 1. The van der Waals surface area contributed by atoms with Crippen LogP contribution < -0.4 is 10.6 Å². The van der Waals surface area contributed by atoms with Crippen molar-refractivity contribution in [1.82, 2.24) is 20.5 Å². The average Bonchev–Trinajstić information content (AvgIpc) is 3.41. The van der Waals surface area contributed by atoms with Crippen LogP contribution in [0.3, 0.4) is 0 Å². The first kappa shape index (κ1) is 24.0. The van der Waals surface area contributed by atoms with E-state index in [1.807, 2.05) is 17.5 Å². The van der Waals surface area contributed by atoms with E-state index in [-0.39, 0.29) is 29.8 Å². The zero-order valence-electron chi connectivity index (χ0n) is 17.9. The largest absolute Gasteiger partial charge is 0.361 e. The van der Waals surface area contributed by atoms with Crippen LogP contribution in [0.5, 0.6) is 0 Å². The van der Waals surface area contributed by atoms with Crippen LogP contribution in [0.1, 0.15) is 23.3 Å². The van der Waals surface area contributed by atoms with Crippen molar-refractivity contribution in [2.75, 3.05) is 33.2 Å². The number of nitrogens with one attached hydrogen (secondary N) is 3. The SMILES string of the molecule is CN=C(NCCc1c[nH]c2ccc(F)cc12)NCC1CCN(Cc2cccs2)CC1.I. The van der Waals surface area contributed by atoms with Crippen LogP contribution in [-0.2, 0) is 13.0 Å². The number of rotatable bonds is 7. The van der Waals surface area contributed by atoms with Gasteiger partial charge in [-0.2, -0.15) is 0 Å². The van der Waals surface area contributed by atoms with Gasteiger partial charge in [0.1, 0.15) is 5.82 Å². The molecular weight excluding hydrogens is 524 g/mol. The predicted octanol–water partition coefficient (Wildman–Crippen LogP) is 4.61. The fourth-order valence-corrected chi connectivity index (χ4v) is 4.85. The van der Waals surface area contributed by atoms with Gasteiger partial charge < -0.3 is 15.6 Å². The lowest BCUT2D eigenvalue weighted by Gasteiger charge is -2.32. The lowest BCUT2D eigenvalue weighted by molar-refractivity contribution is 0.179. The Bertz CT molecular complexity index is 964. The molecule has 31 heavy (non-hydrogen) atoms. The van der Waals surface area contributed by atoms with Crippen molar-refractivity contribution in [2.24, 2.45) is 10.9 Å². The minimum Gasteiger partial charge on any atom is -0.361 e. The molecule has 4 rings (SSSR count). The number of likely N-dealkylation sites (tertiary alicyclic amines) is 1. The molecule has 0 unspecified atom stereocenters. The van der Waals surface area contributed by atoms with E-state index in [0.717, 1.165) is 61.6 Å². The van der Waals surface area contributed by atoms with Gasteiger partial charge in [0.05, 0.1) is 0 Å². The van der Waals surface area contributed by atoms with E-state index in [2.05, 4.69) is 43.0 Å². The van der Waals surface area contributed by atoms with Gasteiger partial charge in [-0.15, -0.1) is 35.3 Å². The minimum absolute atomic E-state index is 0. The molecule has 168 valence electrons. The van der Waals surface area contributed by atoms with Gasteiger partial charge in [-0.1, -0.05) is 6.07 Å². The topological polar surface area (TPSA) is 55.5 Å². The molecule has 0 spiro atoms. The predicted molar refractivity (Wildman–Crippen MR) is 139 cm³/mol. The maximum absolute atomic E-state index is 13.5. The van der Waals surface area contributed by atoms with Crippen LogP contribution in [0.4, 0.5) is 4.39 Å². The second-order valence-electron chi connectivity index (χ2n) is 7.93. The van der Waals surface area contributed by atoms with Crippen LogP contribution in [0, 0.1) is 11.7 Å². The number of hydrogen-bond donors (Lipinski definition) is 3. The standard InChI is InChI=1S/C23H30FN5S.HI/c1-25-23(26-9-6-18-15-27-22-5-4-19(24)13-21(18)22)28-14-17-7-10-29(11-8-17)16-20-3-2-12-30-20;/h2-5,12-13,15,17,27H,6-11,14,16H2,1H3,(H2,25,26,28);1H. The first-order valence-corrected chi connectivity index (χ1v) is 11.5. The third kappa shape index (κ3) is 6.66. The van der Waals surface area contributed by atoms with E-state index in [4.69, 9.17) is 0 Å². The highest BCUT2D eigenvalue weighted by Crippen LogP contribution is 2.21. The highest BCUT2D eigenvalue weighted by Gasteiger charge is 2.19. The summed E-state index contributed by atoms with van der Waals surface area (Å²) in [6.45, 7) is 5.10. The van der Waals surface area contributed by atoms with E-state index >= 15 is 0 Å². The lowest BCUT2D eigenvalue weighted by atomic mass is 9.97.